The first kappa shape index (κ1) is 18.9. The van der Waals surface area contributed by atoms with Gasteiger partial charge in [-0.2, -0.15) is 0 Å². The highest BCUT2D eigenvalue weighted by Gasteiger charge is 2.06. The van der Waals surface area contributed by atoms with Gasteiger partial charge in [0.1, 0.15) is 0 Å². The number of nitrogens with one attached hydrogen (secondary N) is 3. The topological polar surface area (TPSA) is 36.1 Å². The normalized spacial score (nSPS) is 30.4. The molecule has 21 heavy (non-hydrogen) atoms. The Bertz CT molecular complexity index is 176. The fourth-order valence-corrected chi connectivity index (χ4v) is 3.02. The Labute approximate surface area is 133 Å². The van der Waals surface area contributed by atoms with Crippen LogP contribution in [0.2, 0.25) is 0 Å². The van der Waals surface area contributed by atoms with Crippen molar-refractivity contribution in [2.75, 3.05) is 32.7 Å². The van der Waals surface area contributed by atoms with Gasteiger partial charge in [0.15, 0.2) is 0 Å². The average molecular weight is 298 g/mol. The van der Waals surface area contributed by atoms with E-state index in [1.165, 1.54) is 77.7 Å². The Balaban J connectivity index is 0.000000157. The number of rotatable bonds is 0. The molecule has 0 aromatic rings. The van der Waals surface area contributed by atoms with Crippen LogP contribution in [0.5, 0.6) is 0 Å². The van der Waals surface area contributed by atoms with Crippen molar-refractivity contribution in [1.29, 1.82) is 0 Å². The highest BCUT2D eigenvalue weighted by atomic mass is 14.9. The molecule has 3 fully saturated rings. The molecule has 3 heterocycles. The van der Waals surface area contributed by atoms with Crippen LogP contribution in [0, 0.1) is 11.8 Å². The lowest BCUT2D eigenvalue weighted by atomic mass is 10.0. The van der Waals surface area contributed by atoms with Gasteiger partial charge in [-0.25, -0.2) is 0 Å². The van der Waals surface area contributed by atoms with Crippen molar-refractivity contribution in [1.82, 2.24) is 16.0 Å². The summed E-state index contributed by atoms with van der Waals surface area (Å²) in [6.45, 7) is 13.1. The Morgan fingerprint density at radius 2 is 1.38 bits per heavy atom. The molecule has 3 nitrogen and oxygen atoms in total. The van der Waals surface area contributed by atoms with Crippen molar-refractivity contribution in [3.8, 4) is 0 Å². The van der Waals surface area contributed by atoms with Gasteiger partial charge in [0.25, 0.3) is 0 Å². The molecule has 3 aliphatic heterocycles. The van der Waals surface area contributed by atoms with Crippen molar-refractivity contribution in [2.24, 2.45) is 11.8 Å². The second-order valence-electron chi connectivity index (χ2n) is 7.24. The standard InChI is InChI=1S/3C6H13N/c1-6-2-4-7-5-3-6;1-6-3-2-4-7-5-6;1-6-4-2-3-5-7-6/h3*6-7H,2-5H2,1H3. The van der Waals surface area contributed by atoms with Gasteiger partial charge in [-0.3, -0.25) is 0 Å². The van der Waals surface area contributed by atoms with Crippen molar-refractivity contribution >= 4 is 0 Å². The Morgan fingerprint density at radius 1 is 0.619 bits per heavy atom. The van der Waals surface area contributed by atoms with Crippen LogP contribution in [0.25, 0.3) is 0 Å². The number of hydrogen-bond donors (Lipinski definition) is 3. The molecular weight excluding hydrogens is 258 g/mol. The van der Waals surface area contributed by atoms with Crippen LogP contribution < -0.4 is 16.0 Å². The van der Waals surface area contributed by atoms with Gasteiger partial charge in [-0.05, 0) is 90.0 Å². The van der Waals surface area contributed by atoms with Crippen LogP contribution in [0.15, 0.2) is 0 Å². The van der Waals surface area contributed by atoms with Gasteiger partial charge >= 0.3 is 0 Å². The van der Waals surface area contributed by atoms with E-state index < -0.39 is 0 Å². The molecule has 0 saturated carbocycles. The van der Waals surface area contributed by atoms with Crippen LogP contribution in [0.1, 0.15) is 65.7 Å². The largest absolute Gasteiger partial charge is 0.317 e. The molecule has 3 heteroatoms. The van der Waals surface area contributed by atoms with E-state index in [1.54, 1.807) is 0 Å². The van der Waals surface area contributed by atoms with E-state index in [9.17, 15) is 0 Å². The van der Waals surface area contributed by atoms with Crippen LogP contribution in [-0.4, -0.2) is 38.8 Å². The molecular formula is C18H39N3. The van der Waals surface area contributed by atoms with Crippen molar-refractivity contribution < 1.29 is 0 Å². The summed E-state index contributed by atoms with van der Waals surface area (Å²) in [4.78, 5) is 0. The quantitative estimate of drug-likeness (QED) is 0.643. The minimum atomic E-state index is 0.786. The zero-order chi connectivity index (χ0) is 15.3. The third-order valence-corrected chi connectivity index (χ3v) is 4.73. The van der Waals surface area contributed by atoms with E-state index in [4.69, 9.17) is 0 Å². The lowest BCUT2D eigenvalue weighted by Gasteiger charge is -2.18. The van der Waals surface area contributed by atoms with Gasteiger partial charge in [0, 0.05) is 6.04 Å². The molecule has 0 aromatic heterocycles. The van der Waals surface area contributed by atoms with Crippen molar-refractivity contribution in [2.45, 2.75) is 71.8 Å². The molecule has 0 aliphatic carbocycles. The molecule has 3 saturated heterocycles. The molecule has 0 bridgehead atoms. The average Bonchev–Trinajstić information content (AvgIpc) is 2.51. The zero-order valence-corrected chi connectivity index (χ0v) is 14.7. The maximum atomic E-state index is 3.38. The van der Waals surface area contributed by atoms with E-state index >= 15 is 0 Å². The zero-order valence-electron chi connectivity index (χ0n) is 14.7. The predicted molar refractivity (Wildman–Crippen MR) is 93.9 cm³/mol. The SMILES string of the molecule is CC1CCCCN1.CC1CCCNC1.CC1CCNCC1. The predicted octanol–water partition coefficient (Wildman–Crippen LogP) is 3.16. The molecule has 0 spiro atoms. The molecule has 2 atom stereocenters. The fraction of sp³-hybridized carbons (Fsp3) is 1.00. The van der Waals surface area contributed by atoms with Crippen LogP contribution in [0.3, 0.4) is 0 Å². The summed E-state index contributed by atoms with van der Waals surface area (Å²) in [6.07, 6.45) is 9.73. The Morgan fingerprint density at radius 3 is 1.67 bits per heavy atom. The third kappa shape index (κ3) is 11.1. The van der Waals surface area contributed by atoms with E-state index in [-0.39, 0.29) is 0 Å². The van der Waals surface area contributed by atoms with Gasteiger partial charge in [-0.1, -0.05) is 20.3 Å². The molecule has 0 aromatic carbocycles. The second-order valence-corrected chi connectivity index (χ2v) is 7.24. The Hall–Kier alpha value is -0.120. The summed E-state index contributed by atoms with van der Waals surface area (Å²) in [5.74, 6) is 1.90. The fourth-order valence-electron chi connectivity index (χ4n) is 3.02. The summed E-state index contributed by atoms with van der Waals surface area (Å²) in [7, 11) is 0. The molecule has 3 N–H and O–H groups in total. The van der Waals surface area contributed by atoms with Crippen LogP contribution >= 0.6 is 0 Å². The summed E-state index contributed by atoms with van der Waals surface area (Å²) < 4.78 is 0. The smallest absolute Gasteiger partial charge is 0.00387 e. The van der Waals surface area contributed by atoms with Crippen molar-refractivity contribution in [3.63, 3.8) is 0 Å². The summed E-state index contributed by atoms with van der Waals surface area (Å²) in [5, 5.41) is 10.0. The lowest BCUT2D eigenvalue weighted by molar-refractivity contribution is 0.402. The molecule has 126 valence electrons. The molecule has 0 radical (unpaired) electrons. The molecule has 0 amide bonds. The monoisotopic (exact) mass is 297 g/mol. The summed E-state index contributed by atoms with van der Waals surface area (Å²) in [5.41, 5.74) is 0. The number of hydrogen-bond acceptors (Lipinski definition) is 3. The Kier molecular flexibility index (Phi) is 11.2. The number of piperidine rings is 3. The molecule has 2 unspecified atom stereocenters. The molecule has 3 aliphatic rings. The first-order valence-electron chi connectivity index (χ1n) is 9.33. The maximum Gasteiger partial charge on any atom is 0.00387 e. The van der Waals surface area contributed by atoms with Gasteiger partial charge in [0.2, 0.25) is 0 Å². The van der Waals surface area contributed by atoms with E-state index in [0.717, 1.165) is 17.9 Å². The third-order valence-electron chi connectivity index (χ3n) is 4.73. The maximum absolute atomic E-state index is 3.38. The highest BCUT2D eigenvalue weighted by Crippen LogP contribution is 2.08. The van der Waals surface area contributed by atoms with E-state index in [2.05, 4.69) is 36.7 Å². The summed E-state index contributed by atoms with van der Waals surface area (Å²) in [6, 6.07) is 0.786. The lowest BCUT2D eigenvalue weighted by Crippen LogP contribution is -2.30. The van der Waals surface area contributed by atoms with E-state index in [0.29, 0.717) is 0 Å². The minimum absolute atomic E-state index is 0.786. The van der Waals surface area contributed by atoms with Gasteiger partial charge in [-0.15, -0.1) is 0 Å². The molecule has 3 rings (SSSR count). The highest BCUT2D eigenvalue weighted by molar-refractivity contribution is 4.66. The van der Waals surface area contributed by atoms with Crippen molar-refractivity contribution in [3.05, 3.63) is 0 Å². The van der Waals surface area contributed by atoms with Gasteiger partial charge < -0.3 is 16.0 Å². The second kappa shape index (κ2) is 12.4. The minimum Gasteiger partial charge on any atom is -0.317 e. The van der Waals surface area contributed by atoms with Gasteiger partial charge in [0.05, 0.1) is 0 Å². The first-order valence-corrected chi connectivity index (χ1v) is 9.33. The first-order chi connectivity index (χ1) is 10.2. The summed E-state index contributed by atoms with van der Waals surface area (Å²) >= 11 is 0. The van der Waals surface area contributed by atoms with Crippen LogP contribution in [0.4, 0.5) is 0 Å². The van der Waals surface area contributed by atoms with E-state index in [1.807, 2.05) is 0 Å². The van der Waals surface area contributed by atoms with Crippen LogP contribution in [-0.2, 0) is 0 Å².